The number of benzene rings is 1. The van der Waals surface area contributed by atoms with Crippen molar-refractivity contribution in [2.75, 3.05) is 38.3 Å². The molecule has 1 amide bonds. The molecule has 23 heavy (non-hydrogen) atoms. The van der Waals surface area contributed by atoms with E-state index in [1.165, 1.54) is 16.2 Å². The van der Waals surface area contributed by atoms with Gasteiger partial charge in [0.2, 0.25) is 0 Å². The normalized spacial score (nSPS) is 15.5. The van der Waals surface area contributed by atoms with Crippen molar-refractivity contribution in [3.8, 4) is 5.75 Å². The van der Waals surface area contributed by atoms with E-state index in [9.17, 15) is 9.90 Å². The monoisotopic (exact) mass is 333 g/mol. The molecule has 1 fully saturated rings. The lowest BCUT2D eigenvalue weighted by molar-refractivity contribution is 0.0341. The number of anilines is 1. The molecule has 0 spiro atoms. The Morgan fingerprint density at radius 2 is 2.04 bits per heavy atom. The van der Waals surface area contributed by atoms with Crippen molar-refractivity contribution < 1.29 is 14.6 Å². The van der Waals surface area contributed by atoms with Gasteiger partial charge < -0.3 is 14.7 Å². The molecule has 0 atom stereocenters. The van der Waals surface area contributed by atoms with Gasteiger partial charge in [0.25, 0.3) is 5.91 Å². The van der Waals surface area contributed by atoms with Crippen LogP contribution in [0.4, 0.5) is 5.69 Å². The van der Waals surface area contributed by atoms with Crippen molar-refractivity contribution in [2.45, 2.75) is 6.54 Å². The van der Waals surface area contributed by atoms with Crippen LogP contribution in [-0.2, 0) is 11.3 Å². The zero-order valence-electron chi connectivity index (χ0n) is 12.9. The van der Waals surface area contributed by atoms with Crippen LogP contribution in [0.2, 0.25) is 0 Å². The van der Waals surface area contributed by atoms with Gasteiger partial charge in [-0.3, -0.25) is 9.69 Å². The van der Waals surface area contributed by atoms with Crippen molar-refractivity contribution in [1.82, 2.24) is 9.88 Å². The van der Waals surface area contributed by atoms with Crippen LogP contribution in [0, 0.1) is 0 Å². The second kappa shape index (κ2) is 7.08. The highest BCUT2D eigenvalue weighted by Crippen LogP contribution is 2.20. The molecular formula is C16H19N3O3S. The molecule has 1 aliphatic rings. The number of phenolic OH excluding ortho intramolecular Hbond substituents is 1. The van der Waals surface area contributed by atoms with Gasteiger partial charge in [-0.05, 0) is 24.3 Å². The Labute approximate surface area is 138 Å². The first kappa shape index (κ1) is 15.9. The van der Waals surface area contributed by atoms with Crippen LogP contribution in [-0.4, -0.2) is 54.2 Å². The van der Waals surface area contributed by atoms with Gasteiger partial charge in [0.1, 0.15) is 16.5 Å². The van der Waals surface area contributed by atoms with Gasteiger partial charge >= 0.3 is 0 Å². The third-order valence-corrected chi connectivity index (χ3v) is 4.61. The predicted octanol–water partition coefficient (Wildman–Crippen LogP) is 1.96. The van der Waals surface area contributed by atoms with Crippen LogP contribution in [0.3, 0.4) is 0 Å². The van der Waals surface area contributed by atoms with Gasteiger partial charge in [0, 0.05) is 31.2 Å². The van der Waals surface area contributed by atoms with E-state index in [4.69, 9.17) is 4.74 Å². The molecule has 2 heterocycles. The summed E-state index contributed by atoms with van der Waals surface area (Å²) in [6, 6.07) is 6.52. The van der Waals surface area contributed by atoms with Crippen molar-refractivity contribution in [2.24, 2.45) is 0 Å². The fourth-order valence-electron chi connectivity index (χ4n) is 2.40. The Kier molecular flexibility index (Phi) is 4.90. The summed E-state index contributed by atoms with van der Waals surface area (Å²) >= 11 is 1.51. The first-order valence-corrected chi connectivity index (χ1v) is 8.33. The van der Waals surface area contributed by atoms with Crippen molar-refractivity contribution in [3.63, 3.8) is 0 Å². The number of carbonyl (C=O) groups is 1. The topological polar surface area (TPSA) is 65.9 Å². The number of phenols is 1. The van der Waals surface area contributed by atoms with Crippen LogP contribution in [0.1, 0.15) is 15.5 Å². The lowest BCUT2D eigenvalue weighted by atomic mass is 10.2. The number of carbonyl (C=O) groups excluding carboxylic acids is 1. The summed E-state index contributed by atoms with van der Waals surface area (Å²) < 4.78 is 5.33. The molecule has 0 aliphatic carbocycles. The number of nitrogens with zero attached hydrogens (tertiary/aromatic N) is 3. The SMILES string of the molecule is CN(C(=O)c1csc(CN2CCOCC2)n1)c1ccc(O)cc1. The number of aromatic nitrogens is 1. The summed E-state index contributed by atoms with van der Waals surface area (Å²) in [4.78, 5) is 20.8. The summed E-state index contributed by atoms with van der Waals surface area (Å²) in [6.07, 6.45) is 0. The molecule has 6 nitrogen and oxygen atoms in total. The van der Waals surface area contributed by atoms with Gasteiger partial charge in [-0.15, -0.1) is 11.3 Å². The number of thiazole rings is 1. The highest BCUT2D eigenvalue weighted by Gasteiger charge is 2.18. The van der Waals surface area contributed by atoms with Gasteiger partial charge in [-0.25, -0.2) is 4.98 Å². The Morgan fingerprint density at radius 1 is 1.35 bits per heavy atom. The van der Waals surface area contributed by atoms with Gasteiger partial charge in [-0.2, -0.15) is 0 Å². The van der Waals surface area contributed by atoms with Crippen LogP contribution < -0.4 is 4.90 Å². The minimum Gasteiger partial charge on any atom is -0.508 e. The van der Waals surface area contributed by atoms with E-state index in [1.807, 2.05) is 0 Å². The number of hydrogen-bond acceptors (Lipinski definition) is 6. The smallest absolute Gasteiger partial charge is 0.277 e. The summed E-state index contributed by atoms with van der Waals surface area (Å²) in [5.41, 5.74) is 1.17. The quantitative estimate of drug-likeness (QED) is 0.926. The maximum atomic E-state index is 12.5. The molecule has 3 rings (SSSR count). The molecule has 7 heteroatoms. The molecule has 2 aromatic rings. The minimum absolute atomic E-state index is 0.153. The largest absolute Gasteiger partial charge is 0.508 e. The van der Waals surface area contributed by atoms with E-state index in [0.717, 1.165) is 43.5 Å². The fraction of sp³-hybridized carbons (Fsp3) is 0.375. The second-order valence-electron chi connectivity index (χ2n) is 5.40. The van der Waals surface area contributed by atoms with Gasteiger partial charge in [-0.1, -0.05) is 0 Å². The van der Waals surface area contributed by atoms with Crippen LogP contribution >= 0.6 is 11.3 Å². The Hall–Kier alpha value is -1.96. The third kappa shape index (κ3) is 3.87. The summed E-state index contributed by atoms with van der Waals surface area (Å²) in [5.74, 6) is 0.0243. The van der Waals surface area contributed by atoms with E-state index >= 15 is 0 Å². The molecular weight excluding hydrogens is 314 g/mol. The number of amides is 1. The molecule has 1 saturated heterocycles. The van der Waals surface area contributed by atoms with E-state index < -0.39 is 0 Å². The number of hydrogen-bond donors (Lipinski definition) is 1. The average Bonchev–Trinajstić information content (AvgIpc) is 3.03. The average molecular weight is 333 g/mol. The molecule has 1 N–H and O–H groups in total. The molecule has 1 aliphatic heterocycles. The highest BCUT2D eigenvalue weighted by atomic mass is 32.1. The summed E-state index contributed by atoms with van der Waals surface area (Å²) in [5, 5.41) is 12.1. The number of rotatable bonds is 4. The lowest BCUT2D eigenvalue weighted by Gasteiger charge is -2.25. The van der Waals surface area contributed by atoms with Crippen LogP contribution in [0.25, 0.3) is 0 Å². The Balaban J connectivity index is 1.66. The van der Waals surface area contributed by atoms with Crippen molar-refractivity contribution >= 4 is 22.9 Å². The molecule has 0 unspecified atom stereocenters. The van der Waals surface area contributed by atoms with Crippen LogP contribution in [0.15, 0.2) is 29.6 Å². The van der Waals surface area contributed by atoms with Crippen molar-refractivity contribution in [3.05, 3.63) is 40.3 Å². The molecule has 1 aromatic carbocycles. The number of morpholine rings is 1. The fourth-order valence-corrected chi connectivity index (χ4v) is 3.21. The highest BCUT2D eigenvalue weighted by molar-refractivity contribution is 7.09. The zero-order valence-corrected chi connectivity index (χ0v) is 13.8. The third-order valence-electron chi connectivity index (χ3n) is 3.78. The minimum atomic E-state index is -0.153. The second-order valence-corrected chi connectivity index (χ2v) is 6.34. The van der Waals surface area contributed by atoms with Crippen molar-refractivity contribution in [1.29, 1.82) is 0 Å². The van der Waals surface area contributed by atoms with Crippen LogP contribution in [0.5, 0.6) is 5.75 Å². The molecule has 0 radical (unpaired) electrons. The molecule has 1 aromatic heterocycles. The van der Waals surface area contributed by atoms with E-state index in [-0.39, 0.29) is 11.7 Å². The standard InChI is InChI=1S/C16H19N3O3S/c1-18(12-2-4-13(20)5-3-12)16(21)14-11-23-15(17-14)10-19-6-8-22-9-7-19/h2-5,11,20H,6-10H2,1H3. The molecule has 0 bridgehead atoms. The maximum absolute atomic E-state index is 12.5. The predicted molar refractivity (Wildman–Crippen MR) is 89.1 cm³/mol. The number of ether oxygens (including phenoxy) is 1. The number of aromatic hydroxyl groups is 1. The first-order chi connectivity index (χ1) is 11.1. The Bertz CT molecular complexity index is 665. The summed E-state index contributed by atoms with van der Waals surface area (Å²) in [6.45, 7) is 4.05. The van der Waals surface area contributed by atoms with Gasteiger partial charge in [0.05, 0.1) is 19.8 Å². The molecule has 0 saturated carbocycles. The molecule has 122 valence electrons. The van der Waals surface area contributed by atoms with E-state index in [0.29, 0.717) is 5.69 Å². The first-order valence-electron chi connectivity index (χ1n) is 7.45. The Morgan fingerprint density at radius 3 is 2.74 bits per heavy atom. The lowest BCUT2D eigenvalue weighted by Crippen LogP contribution is -2.35. The zero-order chi connectivity index (χ0) is 16.2. The van der Waals surface area contributed by atoms with Gasteiger partial charge in [0.15, 0.2) is 0 Å². The maximum Gasteiger partial charge on any atom is 0.277 e. The van der Waals surface area contributed by atoms with E-state index in [1.54, 1.807) is 36.7 Å². The van der Waals surface area contributed by atoms with E-state index in [2.05, 4.69) is 9.88 Å². The summed E-state index contributed by atoms with van der Waals surface area (Å²) in [7, 11) is 1.70.